The Labute approximate surface area is 154 Å². The molecule has 4 rings (SSSR count). The molecule has 2 fully saturated rings. The van der Waals surface area contributed by atoms with Crippen LogP contribution in [0.25, 0.3) is 0 Å². The minimum absolute atomic E-state index is 0.605. The summed E-state index contributed by atoms with van der Waals surface area (Å²) in [5, 5.41) is 3.62. The van der Waals surface area contributed by atoms with Crippen LogP contribution in [0.15, 0.2) is 46.1 Å². The lowest BCUT2D eigenvalue weighted by atomic mass is 10.2. The third-order valence-corrected chi connectivity index (χ3v) is 4.91. The highest BCUT2D eigenvalue weighted by atomic mass is 16.3. The number of furan rings is 1. The van der Waals surface area contributed by atoms with E-state index in [1.165, 1.54) is 18.4 Å². The molecule has 2 aromatic rings. The predicted molar refractivity (Wildman–Crippen MR) is 104 cm³/mol. The van der Waals surface area contributed by atoms with E-state index in [0.717, 1.165) is 56.7 Å². The summed E-state index contributed by atoms with van der Waals surface area (Å²) in [5.74, 6) is 3.13. The van der Waals surface area contributed by atoms with Crippen LogP contribution in [0.4, 0.5) is 5.82 Å². The lowest BCUT2D eigenvalue weighted by molar-refractivity contribution is 0.370. The van der Waals surface area contributed by atoms with Crippen LogP contribution in [-0.4, -0.2) is 54.6 Å². The Bertz CT molecular complexity index is 730. The standard InChI is InChI=1S/C20H27N5O/c1-16-6-8-21-19(15-16)24-10-12-25(13-11-24)20(23-17-4-5-17)22-9-7-18-3-2-14-26-18/h2-3,6,8,14-15,17H,4-5,7,9-13H2,1H3,(H,22,23). The molecular formula is C20H27N5O. The summed E-state index contributed by atoms with van der Waals surface area (Å²) in [4.78, 5) is 14.1. The van der Waals surface area contributed by atoms with Crippen LogP contribution in [0.2, 0.25) is 0 Å². The maximum atomic E-state index is 5.41. The van der Waals surface area contributed by atoms with Gasteiger partial charge in [0.2, 0.25) is 0 Å². The van der Waals surface area contributed by atoms with Crippen molar-refractivity contribution in [3.05, 3.63) is 48.0 Å². The average Bonchev–Trinajstić information content (AvgIpc) is 3.33. The fourth-order valence-corrected chi connectivity index (χ4v) is 3.21. The van der Waals surface area contributed by atoms with Gasteiger partial charge in [0.25, 0.3) is 0 Å². The van der Waals surface area contributed by atoms with Gasteiger partial charge in [-0.3, -0.25) is 4.99 Å². The maximum absolute atomic E-state index is 5.41. The van der Waals surface area contributed by atoms with Crippen LogP contribution in [0.1, 0.15) is 24.2 Å². The van der Waals surface area contributed by atoms with Gasteiger partial charge in [-0.15, -0.1) is 0 Å². The number of rotatable bonds is 5. The molecule has 1 aliphatic carbocycles. The van der Waals surface area contributed by atoms with E-state index in [2.05, 4.69) is 33.1 Å². The molecule has 1 aliphatic heterocycles. The molecule has 26 heavy (non-hydrogen) atoms. The van der Waals surface area contributed by atoms with Gasteiger partial charge in [0.15, 0.2) is 5.96 Å². The van der Waals surface area contributed by atoms with E-state index >= 15 is 0 Å². The summed E-state index contributed by atoms with van der Waals surface area (Å²) in [6.45, 7) is 6.75. The molecule has 2 aliphatic rings. The second-order valence-electron chi connectivity index (χ2n) is 7.12. The summed E-state index contributed by atoms with van der Waals surface area (Å²) < 4.78 is 5.41. The summed E-state index contributed by atoms with van der Waals surface area (Å²) in [6, 6.07) is 8.76. The second kappa shape index (κ2) is 7.81. The molecule has 0 spiro atoms. The van der Waals surface area contributed by atoms with Crippen LogP contribution >= 0.6 is 0 Å². The van der Waals surface area contributed by atoms with Crippen molar-refractivity contribution in [3.63, 3.8) is 0 Å². The molecule has 6 nitrogen and oxygen atoms in total. The van der Waals surface area contributed by atoms with Gasteiger partial charge in [-0.05, 0) is 49.6 Å². The fraction of sp³-hybridized carbons (Fsp3) is 0.500. The van der Waals surface area contributed by atoms with Crippen molar-refractivity contribution in [3.8, 4) is 0 Å². The molecule has 1 saturated heterocycles. The zero-order valence-corrected chi connectivity index (χ0v) is 15.4. The van der Waals surface area contributed by atoms with Gasteiger partial charge >= 0.3 is 0 Å². The van der Waals surface area contributed by atoms with Crippen molar-refractivity contribution in [2.24, 2.45) is 4.99 Å². The van der Waals surface area contributed by atoms with E-state index in [1.807, 2.05) is 24.4 Å². The van der Waals surface area contributed by atoms with Gasteiger partial charge < -0.3 is 19.5 Å². The Kier molecular flexibility index (Phi) is 5.09. The SMILES string of the molecule is Cc1ccnc(N2CCN(C(=NCCc3ccco3)NC3CC3)CC2)c1. The molecule has 0 atom stereocenters. The number of aliphatic imine (C=N–C) groups is 1. The lowest BCUT2D eigenvalue weighted by Crippen LogP contribution is -2.53. The zero-order valence-electron chi connectivity index (χ0n) is 15.4. The summed E-state index contributed by atoms with van der Waals surface area (Å²) in [5.41, 5.74) is 1.26. The highest BCUT2D eigenvalue weighted by Crippen LogP contribution is 2.20. The Morgan fingerprint density at radius 1 is 1.27 bits per heavy atom. The minimum atomic E-state index is 0.605. The highest BCUT2D eigenvalue weighted by Gasteiger charge is 2.27. The average molecular weight is 353 g/mol. The first-order chi connectivity index (χ1) is 12.8. The highest BCUT2D eigenvalue weighted by molar-refractivity contribution is 5.81. The second-order valence-corrected chi connectivity index (χ2v) is 7.12. The number of piperazine rings is 1. The normalized spacial score (nSPS) is 18.3. The predicted octanol–water partition coefficient (Wildman–Crippen LogP) is 2.46. The van der Waals surface area contributed by atoms with Gasteiger partial charge in [-0.1, -0.05) is 0 Å². The molecule has 6 heteroatoms. The molecule has 0 bridgehead atoms. The van der Waals surface area contributed by atoms with Gasteiger partial charge in [0.05, 0.1) is 6.26 Å². The number of pyridine rings is 1. The first kappa shape index (κ1) is 16.9. The Balaban J connectivity index is 1.35. The van der Waals surface area contributed by atoms with Crippen molar-refractivity contribution in [2.75, 3.05) is 37.6 Å². The molecular weight excluding hydrogens is 326 g/mol. The van der Waals surface area contributed by atoms with E-state index in [-0.39, 0.29) is 0 Å². The Morgan fingerprint density at radius 3 is 2.81 bits per heavy atom. The number of hydrogen-bond donors (Lipinski definition) is 1. The number of anilines is 1. The number of nitrogens with one attached hydrogen (secondary N) is 1. The van der Waals surface area contributed by atoms with Crippen LogP contribution in [0, 0.1) is 6.92 Å². The van der Waals surface area contributed by atoms with Crippen molar-refractivity contribution < 1.29 is 4.42 Å². The minimum Gasteiger partial charge on any atom is -0.469 e. The third kappa shape index (κ3) is 4.36. The van der Waals surface area contributed by atoms with Crippen molar-refractivity contribution in [2.45, 2.75) is 32.2 Å². The molecule has 0 radical (unpaired) electrons. The summed E-state index contributed by atoms with van der Waals surface area (Å²) in [6.07, 6.45) is 6.97. The van der Waals surface area contributed by atoms with E-state index in [4.69, 9.17) is 9.41 Å². The third-order valence-electron chi connectivity index (χ3n) is 4.91. The molecule has 0 unspecified atom stereocenters. The van der Waals surface area contributed by atoms with E-state index < -0.39 is 0 Å². The molecule has 3 heterocycles. The van der Waals surface area contributed by atoms with Crippen LogP contribution < -0.4 is 10.2 Å². The van der Waals surface area contributed by atoms with E-state index in [0.29, 0.717) is 6.04 Å². The van der Waals surface area contributed by atoms with E-state index in [1.54, 1.807) is 6.26 Å². The van der Waals surface area contributed by atoms with Gasteiger partial charge in [0, 0.05) is 51.4 Å². The largest absolute Gasteiger partial charge is 0.469 e. The van der Waals surface area contributed by atoms with Gasteiger partial charge in [-0.2, -0.15) is 0 Å². The van der Waals surface area contributed by atoms with Crippen molar-refractivity contribution in [1.29, 1.82) is 0 Å². The topological polar surface area (TPSA) is 56.9 Å². The number of aromatic nitrogens is 1. The van der Waals surface area contributed by atoms with E-state index in [9.17, 15) is 0 Å². The number of nitrogens with zero attached hydrogens (tertiary/aromatic N) is 4. The first-order valence-corrected chi connectivity index (χ1v) is 9.54. The molecule has 0 aromatic carbocycles. The smallest absolute Gasteiger partial charge is 0.194 e. The number of aryl methyl sites for hydroxylation is 1. The lowest BCUT2D eigenvalue weighted by Gasteiger charge is -2.37. The first-order valence-electron chi connectivity index (χ1n) is 9.54. The monoisotopic (exact) mass is 353 g/mol. The number of guanidine groups is 1. The maximum Gasteiger partial charge on any atom is 0.194 e. The van der Waals surface area contributed by atoms with Crippen LogP contribution in [0.5, 0.6) is 0 Å². The quantitative estimate of drug-likeness (QED) is 0.661. The number of hydrogen-bond acceptors (Lipinski definition) is 4. The van der Waals surface area contributed by atoms with Crippen molar-refractivity contribution in [1.82, 2.24) is 15.2 Å². The molecule has 138 valence electrons. The van der Waals surface area contributed by atoms with Crippen molar-refractivity contribution >= 4 is 11.8 Å². The Morgan fingerprint density at radius 2 is 2.12 bits per heavy atom. The van der Waals surface area contributed by atoms with Gasteiger partial charge in [0.1, 0.15) is 11.6 Å². The van der Waals surface area contributed by atoms with Gasteiger partial charge in [-0.25, -0.2) is 4.98 Å². The fourth-order valence-electron chi connectivity index (χ4n) is 3.21. The molecule has 2 aromatic heterocycles. The van der Waals surface area contributed by atoms with Crippen LogP contribution in [-0.2, 0) is 6.42 Å². The molecule has 1 saturated carbocycles. The summed E-state index contributed by atoms with van der Waals surface area (Å²) in [7, 11) is 0. The zero-order chi connectivity index (χ0) is 17.8. The summed E-state index contributed by atoms with van der Waals surface area (Å²) >= 11 is 0. The Hall–Kier alpha value is -2.50. The van der Waals surface area contributed by atoms with Crippen LogP contribution in [0.3, 0.4) is 0 Å². The molecule has 1 N–H and O–H groups in total. The molecule has 0 amide bonds.